The Labute approximate surface area is 164 Å². The lowest BCUT2D eigenvalue weighted by Gasteiger charge is -2.19. The van der Waals surface area contributed by atoms with Gasteiger partial charge in [0.05, 0.1) is 0 Å². The van der Waals surface area contributed by atoms with Crippen molar-refractivity contribution in [2.45, 2.75) is 31.9 Å². The molecule has 28 heavy (non-hydrogen) atoms. The second-order valence-electron chi connectivity index (χ2n) is 6.52. The summed E-state index contributed by atoms with van der Waals surface area (Å²) >= 11 is 5.74. The molecule has 0 heterocycles. The third kappa shape index (κ3) is 5.19. The molecule has 150 valence electrons. The molecule has 0 aliphatic heterocycles. The van der Waals surface area contributed by atoms with E-state index in [0.29, 0.717) is 18.6 Å². The fraction of sp³-hybridized carbons (Fsp3) is 0.238. The van der Waals surface area contributed by atoms with E-state index in [1.165, 1.54) is 31.2 Å². The van der Waals surface area contributed by atoms with Crippen LogP contribution in [0.5, 0.6) is 0 Å². The van der Waals surface area contributed by atoms with E-state index < -0.39 is 29.4 Å². The summed E-state index contributed by atoms with van der Waals surface area (Å²) in [5.74, 6) is -6.86. The molecule has 0 aromatic heterocycles. The van der Waals surface area contributed by atoms with Crippen molar-refractivity contribution in [2.75, 3.05) is 0 Å². The maximum atomic E-state index is 14.7. The van der Waals surface area contributed by atoms with Gasteiger partial charge < -0.3 is 0 Å². The van der Waals surface area contributed by atoms with Gasteiger partial charge in [-0.1, -0.05) is 48.0 Å². The molecule has 0 nitrogen and oxygen atoms in total. The van der Waals surface area contributed by atoms with E-state index in [9.17, 15) is 26.3 Å². The van der Waals surface area contributed by atoms with Crippen molar-refractivity contribution in [3.05, 3.63) is 82.4 Å². The van der Waals surface area contributed by atoms with Gasteiger partial charge in [-0.15, -0.1) is 0 Å². The molecular formula is C21H17ClF6. The normalized spacial score (nSPS) is 14.1. The highest BCUT2D eigenvalue weighted by atomic mass is 35.5. The Balaban J connectivity index is 2.57. The highest BCUT2D eigenvalue weighted by Crippen LogP contribution is 2.40. The van der Waals surface area contributed by atoms with Crippen LogP contribution in [-0.4, -0.2) is 6.18 Å². The van der Waals surface area contributed by atoms with Crippen LogP contribution in [0.3, 0.4) is 0 Å². The average molecular weight is 419 g/mol. The Morgan fingerprint density at radius 2 is 1.71 bits per heavy atom. The van der Waals surface area contributed by atoms with Crippen LogP contribution in [0.2, 0.25) is 5.02 Å². The van der Waals surface area contributed by atoms with Crippen molar-refractivity contribution in [3.63, 3.8) is 0 Å². The van der Waals surface area contributed by atoms with Crippen molar-refractivity contribution in [3.8, 4) is 0 Å². The Morgan fingerprint density at radius 1 is 1.07 bits per heavy atom. The van der Waals surface area contributed by atoms with Gasteiger partial charge in [-0.3, -0.25) is 0 Å². The minimum atomic E-state index is -4.79. The van der Waals surface area contributed by atoms with Crippen LogP contribution < -0.4 is 0 Å². The maximum Gasteiger partial charge on any atom is 0.399 e. The molecule has 1 atom stereocenters. The fourth-order valence-electron chi connectivity index (χ4n) is 2.75. The first-order valence-electron chi connectivity index (χ1n) is 8.19. The van der Waals surface area contributed by atoms with Gasteiger partial charge in [-0.2, -0.15) is 13.2 Å². The van der Waals surface area contributed by atoms with Gasteiger partial charge >= 0.3 is 6.18 Å². The van der Waals surface area contributed by atoms with Gasteiger partial charge in [0.25, 0.3) is 5.92 Å². The smallest absolute Gasteiger partial charge is 0.207 e. The summed E-state index contributed by atoms with van der Waals surface area (Å²) in [5, 5.41) is 0.0688. The van der Waals surface area contributed by atoms with Gasteiger partial charge in [0.2, 0.25) is 0 Å². The van der Waals surface area contributed by atoms with Crippen LogP contribution >= 0.6 is 11.6 Å². The summed E-state index contributed by atoms with van der Waals surface area (Å²) in [6.07, 6.45) is -4.43. The first-order valence-corrected chi connectivity index (χ1v) is 8.56. The Kier molecular flexibility index (Phi) is 6.34. The second kappa shape index (κ2) is 8.03. The summed E-state index contributed by atoms with van der Waals surface area (Å²) < 4.78 is 82.9. The molecule has 0 fully saturated rings. The molecule has 0 N–H and O–H groups in total. The lowest BCUT2D eigenvalue weighted by atomic mass is 9.93. The second-order valence-corrected chi connectivity index (χ2v) is 6.95. The molecule has 7 heteroatoms. The number of hydrogen-bond acceptors (Lipinski definition) is 0. The van der Waals surface area contributed by atoms with E-state index in [4.69, 9.17) is 11.6 Å². The summed E-state index contributed by atoms with van der Waals surface area (Å²) in [6, 6.07) is 8.19. The topological polar surface area (TPSA) is 0 Å². The summed E-state index contributed by atoms with van der Waals surface area (Å²) in [6.45, 7) is 5.74. The SMILES string of the molecule is C=C(C)c1ccc(/C(F)=C/C(c2cccc(Cl)c2)C(F)(F)F)cc1C(C)(F)F. The number of allylic oxidation sites excluding steroid dienone is 2. The van der Waals surface area contributed by atoms with E-state index in [1.54, 1.807) is 0 Å². The summed E-state index contributed by atoms with van der Waals surface area (Å²) in [4.78, 5) is 0. The van der Waals surface area contributed by atoms with Gasteiger partial charge in [0.15, 0.2) is 0 Å². The van der Waals surface area contributed by atoms with Crippen molar-refractivity contribution < 1.29 is 26.3 Å². The molecule has 0 amide bonds. The average Bonchev–Trinajstić information content (AvgIpc) is 2.57. The zero-order chi connectivity index (χ0) is 21.3. The quantitative estimate of drug-likeness (QED) is 0.430. The molecular weight excluding hydrogens is 402 g/mol. The highest BCUT2D eigenvalue weighted by Gasteiger charge is 2.40. The zero-order valence-corrected chi connectivity index (χ0v) is 15.8. The molecule has 0 saturated heterocycles. The molecule has 2 rings (SSSR count). The minimum Gasteiger partial charge on any atom is -0.207 e. The number of hydrogen-bond donors (Lipinski definition) is 0. The van der Waals surface area contributed by atoms with Crippen molar-refractivity contribution in [2.24, 2.45) is 0 Å². The molecule has 0 radical (unpaired) electrons. The van der Waals surface area contributed by atoms with E-state index in [1.807, 2.05) is 0 Å². The largest absolute Gasteiger partial charge is 0.399 e. The van der Waals surface area contributed by atoms with Crippen LogP contribution in [0, 0.1) is 0 Å². The number of halogens is 7. The maximum absolute atomic E-state index is 14.7. The van der Waals surface area contributed by atoms with Crippen LogP contribution in [0.4, 0.5) is 26.3 Å². The molecule has 0 aliphatic rings. The summed E-state index contributed by atoms with van der Waals surface area (Å²) in [5.41, 5.74) is -0.689. The van der Waals surface area contributed by atoms with Crippen molar-refractivity contribution in [1.29, 1.82) is 0 Å². The van der Waals surface area contributed by atoms with Crippen molar-refractivity contribution >= 4 is 23.0 Å². The molecule has 0 spiro atoms. The monoisotopic (exact) mass is 418 g/mol. The molecule has 2 aromatic rings. The predicted molar refractivity (Wildman–Crippen MR) is 100 cm³/mol. The van der Waals surface area contributed by atoms with Gasteiger partial charge in [-0.25, -0.2) is 13.2 Å². The molecule has 0 aliphatic carbocycles. The standard InChI is InChI=1S/C21H17ClF6/c1-12(2)16-8-7-14(10-18(16)20(3,24)25)19(23)11-17(21(26,27)28)13-5-4-6-15(22)9-13/h4-11,17H,1H2,2-3H3/b19-11-. The molecule has 0 bridgehead atoms. The Bertz CT molecular complexity index is 906. The lowest BCUT2D eigenvalue weighted by molar-refractivity contribution is -0.139. The van der Waals surface area contributed by atoms with E-state index >= 15 is 0 Å². The van der Waals surface area contributed by atoms with Crippen LogP contribution in [-0.2, 0) is 5.92 Å². The first kappa shape index (κ1) is 22.1. The van der Waals surface area contributed by atoms with Crippen LogP contribution in [0.1, 0.15) is 42.0 Å². The number of rotatable bonds is 5. The zero-order valence-electron chi connectivity index (χ0n) is 15.0. The Morgan fingerprint density at radius 3 is 2.21 bits per heavy atom. The summed E-state index contributed by atoms with van der Waals surface area (Å²) in [7, 11) is 0. The third-order valence-electron chi connectivity index (χ3n) is 4.10. The highest BCUT2D eigenvalue weighted by molar-refractivity contribution is 6.30. The Hall–Kier alpha value is -2.21. The molecule has 2 aromatic carbocycles. The molecule has 0 saturated carbocycles. The number of alkyl halides is 5. The minimum absolute atomic E-state index is 0.0688. The van der Waals surface area contributed by atoms with Gasteiger partial charge in [0.1, 0.15) is 11.7 Å². The van der Waals surface area contributed by atoms with Gasteiger partial charge in [0, 0.05) is 23.1 Å². The van der Waals surface area contributed by atoms with E-state index in [0.717, 1.165) is 18.2 Å². The lowest BCUT2D eigenvalue weighted by Crippen LogP contribution is -2.19. The third-order valence-corrected chi connectivity index (χ3v) is 4.34. The first-order chi connectivity index (χ1) is 12.8. The number of benzene rings is 2. The van der Waals surface area contributed by atoms with Crippen molar-refractivity contribution in [1.82, 2.24) is 0 Å². The van der Waals surface area contributed by atoms with E-state index in [-0.39, 0.29) is 21.7 Å². The fourth-order valence-corrected chi connectivity index (χ4v) is 2.95. The molecule has 1 unspecified atom stereocenters. The van der Waals surface area contributed by atoms with E-state index in [2.05, 4.69) is 6.58 Å². The predicted octanol–water partition coefficient (Wildman–Crippen LogP) is 8.14. The van der Waals surface area contributed by atoms with Crippen LogP contribution in [0.15, 0.2) is 55.1 Å². The van der Waals surface area contributed by atoms with Gasteiger partial charge in [-0.05, 0) is 42.3 Å². The van der Waals surface area contributed by atoms with Crippen LogP contribution in [0.25, 0.3) is 11.4 Å².